The summed E-state index contributed by atoms with van der Waals surface area (Å²) in [5.74, 6) is -1.82. The highest BCUT2D eigenvalue weighted by Gasteiger charge is 2.62. The van der Waals surface area contributed by atoms with Crippen LogP contribution in [0.15, 0.2) is 48.7 Å². The average Bonchev–Trinajstić information content (AvgIpc) is 2.88. The van der Waals surface area contributed by atoms with Crippen molar-refractivity contribution in [3.05, 3.63) is 59.8 Å². The van der Waals surface area contributed by atoms with E-state index < -0.39 is 17.8 Å². The molecule has 2 amide bonds. The number of imide groups is 1. The first-order valence-electron chi connectivity index (χ1n) is 8.09. The van der Waals surface area contributed by atoms with Crippen LogP contribution in [0.2, 0.25) is 0 Å². The van der Waals surface area contributed by atoms with Crippen molar-refractivity contribution in [3.63, 3.8) is 0 Å². The van der Waals surface area contributed by atoms with E-state index in [9.17, 15) is 14.4 Å². The molecule has 2 bridgehead atoms. The Hall–Kier alpha value is -2.82. The van der Waals surface area contributed by atoms with Crippen LogP contribution in [0, 0.1) is 11.8 Å². The molecule has 2 aromatic rings. The van der Waals surface area contributed by atoms with Gasteiger partial charge in [0, 0.05) is 18.5 Å². The van der Waals surface area contributed by atoms with Gasteiger partial charge in [0.25, 0.3) is 0 Å². The number of carbonyl (C=O) groups excluding carboxylic acids is 3. The minimum atomic E-state index is -0.583. The van der Waals surface area contributed by atoms with Gasteiger partial charge in [-0.3, -0.25) is 14.4 Å². The van der Waals surface area contributed by atoms with Gasteiger partial charge in [0.1, 0.15) is 11.6 Å². The molecule has 2 heterocycles. The van der Waals surface area contributed by atoms with Crippen molar-refractivity contribution in [2.24, 2.45) is 11.8 Å². The SMILES string of the molecule is O=C1C[C@H]2c3ccccc3[C@@H]1[C@H]1C(=O)N(c3ccccn3)C(=O)[C@@H]12. The van der Waals surface area contributed by atoms with Gasteiger partial charge in [-0.2, -0.15) is 0 Å². The molecule has 6 rings (SSSR count). The molecule has 1 aromatic carbocycles. The molecule has 0 unspecified atom stereocenters. The van der Waals surface area contributed by atoms with Crippen molar-refractivity contribution in [1.82, 2.24) is 4.98 Å². The Kier molecular flexibility index (Phi) is 2.61. The summed E-state index contributed by atoms with van der Waals surface area (Å²) in [7, 11) is 0. The third-order valence-corrected chi connectivity index (χ3v) is 5.57. The van der Waals surface area contributed by atoms with Gasteiger partial charge in [0.2, 0.25) is 11.8 Å². The van der Waals surface area contributed by atoms with Crippen LogP contribution in [0.4, 0.5) is 5.82 Å². The molecular weight excluding hydrogens is 304 g/mol. The summed E-state index contributed by atoms with van der Waals surface area (Å²) in [4.78, 5) is 43.9. The predicted molar refractivity (Wildman–Crippen MR) is 85.3 cm³/mol. The van der Waals surface area contributed by atoms with E-state index in [0.29, 0.717) is 12.2 Å². The largest absolute Gasteiger partial charge is 0.299 e. The fourth-order valence-electron chi connectivity index (χ4n) is 4.67. The maximum Gasteiger partial charge on any atom is 0.240 e. The molecule has 3 aliphatic carbocycles. The molecule has 0 radical (unpaired) electrons. The number of carbonyl (C=O) groups is 3. The Labute approximate surface area is 138 Å². The Balaban J connectivity index is 1.68. The molecule has 24 heavy (non-hydrogen) atoms. The highest BCUT2D eigenvalue weighted by molar-refractivity contribution is 6.24. The number of nitrogens with zero attached hydrogens (tertiary/aromatic N) is 2. The molecular formula is C19H14N2O3. The monoisotopic (exact) mass is 318 g/mol. The van der Waals surface area contributed by atoms with E-state index >= 15 is 0 Å². The molecule has 1 aromatic heterocycles. The summed E-state index contributed by atoms with van der Waals surface area (Å²) in [5, 5.41) is 0. The summed E-state index contributed by atoms with van der Waals surface area (Å²) in [6, 6.07) is 12.9. The smallest absolute Gasteiger partial charge is 0.240 e. The maximum absolute atomic E-state index is 13.0. The quantitative estimate of drug-likeness (QED) is 0.755. The molecule has 2 fully saturated rings. The second-order valence-electron chi connectivity index (χ2n) is 6.63. The number of anilines is 1. The minimum absolute atomic E-state index is 0.0731. The van der Waals surface area contributed by atoms with Crippen molar-refractivity contribution >= 4 is 23.4 Å². The number of Topliss-reactive ketones (excluding diaryl/α,β-unsaturated/α-hetero) is 1. The van der Waals surface area contributed by atoms with Gasteiger partial charge in [-0.05, 0) is 23.3 Å². The van der Waals surface area contributed by atoms with E-state index in [1.807, 2.05) is 24.3 Å². The zero-order chi connectivity index (χ0) is 16.4. The van der Waals surface area contributed by atoms with Gasteiger partial charge < -0.3 is 0 Å². The zero-order valence-electron chi connectivity index (χ0n) is 12.8. The topological polar surface area (TPSA) is 67.3 Å². The van der Waals surface area contributed by atoms with Crippen LogP contribution >= 0.6 is 0 Å². The Morgan fingerprint density at radius 1 is 0.875 bits per heavy atom. The third-order valence-electron chi connectivity index (χ3n) is 5.57. The lowest BCUT2D eigenvalue weighted by molar-refractivity contribution is -0.134. The first-order chi connectivity index (χ1) is 11.7. The van der Waals surface area contributed by atoms with Gasteiger partial charge in [0.15, 0.2) is 0 Å². The van der Waals surface area contributed by atoms with E-state index in [2.05, 4.69) is 4.98 Å². The van der Waals surface area contributed by atoms with Gasteiger partial charge in [-0.1, -0.05) is 30.3 Å². The number of hydrogen-bond donors (Lipinski definition) is 0. The van der Waals surface area contributed by atoms with Crippen molar-refractivity contribution in [2.45, 2.75) is 18.3 Å². The second kappa shape index (κ2) is 4.60. The third kappa shape index (κ3) is 1.54. The lowest BCUT2D eigenvalue weighted by Crippen LogP contribution is -2.44. The van der Waals surface area contributed by atoms with E-state index in [4.69, 9.17) is 0 Å². The number of pyridine rings is 1. The van der Waals surface area contributed by atoms with Gasteiger partial charge in [-0.15, -0.1) is 0 Å². The lowest BCUT2D eigenvalue weighted by Gasteiger charge is -2.43. The number of amides is 2. The number of aromatic nitrogens is 1. The Bertz CT molecular complexity index is 892. The first kappa shape index (κ1) is 13.6. The summed E-state index contributed by atoms with van der Waals surface area (Å²) < 4.78 is 0. The number of hydrogen-bond acceptors (Lipinski definition) is 4. The van der Waals surface area contributed by atoms with E-state index in [1.165, 1.54) is 4.90 Å². The van der Waals surface area contributed by atoms with Crippen LogP contribution in [-0.2, 0) is 14.4 Å². The normalized spacial score (nSPS) is 30.5. The van der Waals surface area contributed by atoms with Crippen LogP contribution in [0.5, 0.6) is 0 Å². The summed E-state index contributed by atoms with van der Waals surface area (Å²) in [5.41, 5.74) is 1.97. The lowest BCUT2D eigenvalue weighted by atomic mass is 9.56. The Morgan fingerprint density at radius 2 is 1.58 bits per heavy atom. The van der Waals surface area contributed by atoms with Crippen molar-refractivity contribution in [2.75, 3.05) is 4.90 Å². The van der Waals surface area contributed by atoms with E-state index in [-0.39, 0.29) is 23.5 Å². The number of benzene rings is 1. The zero-order valence-corrected chi connectivity index (χ0v) is 12.8. The number of fused-ring (bicyclic) bond motifs is 1. The molecule has 1 saturated carbocycles. The van der Waals surface area contributed by atoms with Crippen LogP contribution in [-0.4, -0.2) is 22.6 Å². The fraction of sp³-hybridized carbons (Fsp3) is 0.263. The predicted octanol–water partition coefficient (Wildman–Crippen LogP) is 2.04. The highest BCUT2D eigenvalue weighted by Crippen LogP contribution is 2.57. The van der Waals surface area contributed by atoms with Gasteiger partial charge in [0.05, 0.1) is 17.8 Å². The van der Waals surface area contributed by atoms with Crippen molar-refractivity contribution in [1.29, 1.82) is 0 Å². The number of ketones is 1. The van der Waals surface area contributed by atoms with Crippen LogP contribution < -0.4 is 4.90 Å². The summed E-state index contributed by atoms with van der Waals surface area (Å²) in [6.45, 7) is 0. The van der Waals surface area contributed by atoms with Gasteiger partial charge >= 0.3 is 0 Å². The number of rotatable bonds is 1. The molecule has 5 nitrogen and oxygen atoms in total. The second-order valence-corrected chi connectivity index (χ2v) is 6.63. The molecule has 4 aliphatic rings. The molecule has 4 atom stereocenters. The van der Waals surface area contributed by atoms with Crippen LogP contribution in [0.1, 0.15) is 29.4 Å². The standard InChI is InChI=1S/C19H14N2O3/c22-13-9-12-10-5-1-2-6-11(10)15(13)17-16(12)18(23)21(19(17)24)14-7-3-4-8-20-14/h1-8,12,15-17H,9H2/t12-,15-,16+,17+/m0/s1. The van der Waals surface area contributed by atoms with Crippen LogP contribution in [0.3, 0.4) is 0 Å². The van der Waals surface area contributed by atoms with Crippen LogP contribution in [0.25, 0.3) is 0 Å². The first-order valence-corrected chi connectivity index (χ1v) is 8.09. The molecule has 5 heteroatoms. The van der Waals surface area contributed by atoms with E-state index in [1.54, 1.807) is 24.4 Å². The molecule has 118 valence electrons. The molecule has 0 N–H and O–H groups in total. The fourth-order valence-corrected chi connectivity index (χ4v) is 4.67. The average molecular weight is 318 g/mol. The van der Waals surface area contributed by atoms with Gasteiger partial charge in [-0.25, -0.2) is 9.88 Å². The van der Waals surface area contributed by atoms with Crippen molar-refractivity contribution < 1.29 is 14.4 Å². The maximum atomic E-state index is 13.0. The highest BCUT2D eigenvalue weighted by atomic mass is 16.2. The minimum Gasteiger partial charge on any atom is -0.299 e. The summed E-state index contributed by atoms with van der Waals surface area (Å²) >= 11 is 0. The van der Waals surface area contributed by atoms with E-state index in [0.717, 1.165) is 11.1 Å². The van der Waals surface area contributed by atoms with Crippen molar-refractivity contribution in [3.8, 4) is 0 Å². The Morgan fingerprint density at radius 3 is 2.33 bits per heavy atom. The summed E-state index contributed by atoms with van der Waals surface area (Å²) in [6.07, 6.45) is 1.91. The molecule has 1 saturated heterocycles. The molecule has 0 spiro atoms. The molecule has 1 aliphatic heterocycles.